The summed E-state index contributed by atoms with van der Waals surface area (Å²) in [5.74, 6) is 0.550. The number of aromatic nitrogens is 1. The molecule has 0 N–H and O–H groups in total. The van der Waals surface area contributed by atoms with E-state index in [1.165, 1.54) is 0 Å². The van der Waals surface area contributed by atoms with Crippen LogP contribution in [0.1, 0.15) is 28.5 Å². The normalized spacial score (nSPS) is 18.1. The van der Waals surface area contributed by atoms with Gasteiger partial charge in [-0.3, -0.25) is 9.80 Å². The molecule has 2 aromatic rings. The van der Waals surface area contributed by atoms with Crippen LogP contribution in [0.5, 0.6) is 5.75 Å². The van der Waals surface area contributed by atoms with Crippen molar-refractivity contribution in [1.82, 2.24) is 14.4 Å². The summed E-state index contributed by atoms with van der Waals surface area (Å²) >= 11 is 3.66. The van der Waals surface area contributed by atoms with Crippen molar-refractivity contribution in [3.63, 3.8) is 0 Å². The molecule has 1 aromatic heterocycles. The van der Waals surface area contributed by atoms with E-state index in [0.29, 0.717) is 25.4 Å². The molecule has 0 aliphatic carbocycles. The van der Waals surface area contributed by atoms with Crippen molar-refractivity contribution in [2.75, 3.05) is 46.7 Å². The Labute approximate surface area is 173 Å². The van der Waals surface area contributed by atoms with Crippen molar-refractivity contribution in [3.05, 3.63) is 27.4 Å². The van der Waals surface area contributed by atoms with Crippen LogP contribution >= 0.6 is 15.9 Å². The third-order valence-electron chi connectivity index (χ3n) is 5.43. The molecule has 0 radical (unpaired) electrons. The number of ether oxygens (including phenoxy) is 3. The van der Waals surface area contributed by atoms with E-state index in [4.69, 9.17) is 14.2 Å². The number of aryl methyl sites for hydroxylation is 1. The molecule has 1 fully saturated rings. The van der Waals surface area contributed by atoms with Crippen LogP contribution < -0.4 is 4.74 Å². The Hall–Kier alpha value is -1.61. The van der Waals surface area contributed by atoms with E-state index < -0.39 is 0 Å². The summed E-state index contributed by atoms with van der Waals surface area (Å²) in [5, 5.41) is 0.939. The number of benzene rings is 1. The van der Waals surface area contributed by atoms with E-state index in [-0.39, 0.29) is 5.97 Å². The van der Waals surface area contributed by atoms with E-state index >= 15 is 0 Å². The summed E-state index contributed by atoms with van der Waals surface area (Å²) in [6.07, 6.45) is 0. The lowest BCUT2D eigenvalue weighted by Crippen LogP contribution is -2.36. The molecule has 2 aliphatic heterocycles. The van der Waals surface area contributed by atoms with Gasteiger partial charge in [-0.1, -0.05) is 0 Å². The lowest BCUT2D eigenvalue weighted by molar-refractivity contribution is 0.0328. The fourth-order valence-corrected chi connectivity index (χ4v) is 4.62. The lowest BCUT2D eigenvalue weighted by atomic mass is 10.0. The Kier molecular flexibility index (Phi) is 5.64. The first kappa shape index (κ1) is 19.7. The zero-order valence-electron chi connectivity index (χ0n) is 16.6. The third kappa shape index (κ3) is 3.43. The molecular formula is C20H26BrN3O4. The van der Waals surface area contributed by atoms with Gasteiger partial charge in [0.1, 0.15) is 12.5 Å². The van der Waals surface area contributed by atoms with Gasteiger partial charge in [-0.15, -0.1) is 0 Å². The number of carbonyl (C=O) groups is 1. The first-order valence-electron chi connectivity index (χ1n) is 9.62. The molecule has 28 heavy (non-hydrogen) atoms. The Morgan fingerprint density at radius 2 is 2.04 bits per heavy atom. The number of halogens is 1. The average molecular weight is 452 g/mol. The molecule has 3 heterocycles. The van der Waals surface area contributed by atoms with E-state index in [1.807, 2.05) is 27.1 Å². The maximum atomic E-state index is 13.0. The smallest absolute Gasteiger partial charge is 0.340 e. The Morgan fingerprint density at radius 3 is 2.75 bits per heavy atom. The Morgan fingerprint density at radius 1 is 1.29 bits per heavy atom. The van der Waals surface area contributed by atoms with Crippen molar-refractivity contribution in [3.8, 4) is 5.75 Å². The fraction of sp³-hybridized carbons (Fsp3) is 0.550. The molecule has 4 rings (SSSR count). The van der Waals surface area contributed by atoms with Gasteiger partial charge in [-0.05, 0) is 36.0 Å². The molecule has 152 valence electrons. The molecule has 0 atom stereocenters. The van der Waals surface area contributed by atoms with Crippen LogP contribution in [0.15, 0.2) is 10.5 Å². The molecule has 1 aromatic carbocycles. The van der Waals surface area contributed by atoms with Gasteiger partial charge in [0.15, 0.2) is 0 Å². The number of hydrogen-bond donors (Lipinski definition) is 0. The summed E-state index contributed by atoms with van der Waals surface area (Å²) in [6, 6.07) is 2.05. The number of nitrogens with zero attached hydrogens (tertiary/aromatic N) is 3. The first-order valence-corrected chi connectivity index (χ1v) is 10.4. The minimum Gasteiger partial charge on any atom is -0.477 e. The summed E-state index contributed by atoms with van der Waals surface area (Å²) in [7, 11) is 4.03. The van der Waals surface area contributed by atoms with Gasteiger partial charge in [-0.25, -0.2) is 4.79 Å². The largest absolute Gasteiger partial charge is 0.477 e. The molecule has 0 saturated carbocycles. The third-order valence-corrected chi connectivity index (χ3v) is 6.02. The monoisotopic (exact) mass is 451 g/mol. The summed E-state index contributed by atoms with van der Waals surface area (Å²) in [6.45, 7) is 7.28. The second-order valence-electron chi connectivity index (χ2n) is 7.34. The van der Waals surface area contributed by atoms with Gasteiger partial charge >= 0.3 is 5.97 Å². The predicted molar refractivity (Wildman–Crippen MR) is 110 cm³/mol. The van der Waals surface area contributed by atoms with E-state index in [0.717, 1.165) is 65.2 Å². The Bertz CT molecular complexity index is 905. The van der Waals surface area contributed by atoms with Gasteiger partial charge in [-0.2, -0.15) is 0 Å². The van der Waals surface area contributed by atoms with Crippen LogP contribution in [0, 0.1) is 0 Å². The average Bonchev–Trinajstić information content (AvgIpc) is 2.95. The standard InChI is InChI=1S/C20H26BrN3O4/c1-4-27-20(25)18-16(11-24-5-7-26-8-6-24)23(3)15-9-14(21)19-13(17(15)18)10-22(2)12-28-19/h9H,4-8,10-12H2,1-3H3. The SMILES string of the molecule is CCOC(=O)c1c(CN2CCOCC2)n(C)c2cc(Br)c3c(c12)CN(C)CO3. The summed E-state index contributed by atoms with van der Waals surface area (Å²) in [4.78, 5) is 17.5. The number of esters is 1. The number of rotatable bonds is 4. The number of carbonyl (C=O) groups excluding carboxylic acids is 1. The van der Waals surface area contributed by atoms with Gasteiger partial charge in [0.25, 0.3) is 0 Å². The van der Waals surface area contributed by atoms with Crippen molar-refractivity contribution >= 4 is 32.8 Å². The van der Waals surface area contributed by atoms with Gasteiger partial charge in [0.2, 0.25) is 0 Å². The maximum absolute atomic E-state index is 13.0. The van der Waals surface area contributed by atoms with Crippen molar-refractivity contribution in [1.29, 1.82) is 0 Å². The number of fused-ring (bicyclic) bond motifs is 3. The first-order chi connectivity index (χ1) is 13.5. The quantitative estimate of drug-likeness (QED) is 0.666. The molecule has 1 saturated heterocycles. The second-order valence-corrected chi connectivity index (χ2v) is 8.19. The fourth-order valence-electron chi connectivity index (χ4n) is 4.05. The highest BCUT2D eigenvalue weighted by Crippen LogP contribution is 2.42. The van der Waals surface area contributed by atoms with Crippen LogP contribution in [-0.4, -0.2) is 67.0 Å². The number of morpholine rings is 1. The molecule has 0 amide bonds. The van der Waals surface area contributed by atoms with E-state index in [9.17, 15) is 4.79 Å². The molecular weight excluding hydrogens is 426 g/mol. The van der Waals surface area contributed by atoms with Crippen molar-refractivity contribution < 1.29 is 19.0 Å². The van der Waals surface area contributed by atoms with E-state index in [1.54, 1.807) is 0 Å². The highest BCUT2D eigenvalue weighted by atomic mass is 79.9. The van der Waals surface area contributed by atoms with Crippen LogP contribution in [0.3, 0.4) is 0 Å². The van der Waals surface area contributed by atoms with Gasteiger partial charge < -0.3 is 18.8 Å². The maximum Gasteiger partial charge on any atom is 0.340 e. The minimum atomic E-state index is -0.269. The van der Waals surface area contributed by atoms with Crippen LogP contribution in [-0.2, 0) is 29.6 Å². The summed E-state index contributed by atoms with van der Waals surface area (Å²) in [5.41, 5.74) is 3.68. The minimum absolute atomic E-state index is 0.269. The second kappa shape index (κ2) is 8.02. The molecule has 0 spiro atoms. The number of hydrogen-bond acceptors (Lipinski definition) is 6. The van der Waals surface area contributed by atoms with Crippen LogP contribution in [0.4, 0.5) is 0 Å². The van der Waals surface area contributed by atoms with Crippen LogP contribution in [0.25, 0.3) is 10.9 Å². The lowest BCUT2D eigenvalue weighted by Gasteiger charge is -2.27. The zero-order valence-corrected chi connectivity index (χ0v) is 18.2. The van der Waals surface area contributed by atoms with Crippen molar-refractivity contribution in [2.45, 2.75) is 20.0 Å². The van der Waals surface area contributed by atoms with Crippen LogP contribution in [0.2, 0.25) is 0 Å². The van der Waals surface area contributed by atoms with Crippen molar-refractivity contribution in [2.24, 2.45) is 7.05 Å². The predicted octanol–water partition coefficient (Wildman–Crippen LogP) is 2.73. The molecule has 8 heteroatoms. The molecule has 0 unspecified atom stereocenters. The molecule has 0 bridgehead atoms. The van der Waals surface area contributed by atoms with Gasteiger partial charge in [0.05, 0.1) is 35.4 Å². The zero-order chi connectivity index (χ0) is 19.8. The molecule has 2 aliphatic rings. The molecule has 7 nitrogen and oxygen atoms in total. The highest BCUT2D eigenvalue weighted by molar-refractivity contribution is 9.10. The topological polar surface area (TPSA) is 56.2 Å². The summed E-state index contributed by atoms with van der Waals surface area (Å²) < 4.78 is 19.9. The Balaban J connectivity index is 1.92. The highest BCUT2D eigenvalue weighted by Gasteiger charge is 2.30. The van der Waals surface area contributed by atoms with Gasteiger partial charge in [0, 0.05) is 49.9 Å². The van der Waals surface area contributed by atoms with E-state index in [2.05, 4.69) is 30.3 Å².